The van der Waals surface area contributed by atoms with E-state index >= 15 is 0 Å². The molecule has 1 fully saturated rings. The van der Waals surface area contributed by atoms with Crippen LogP contribution in [-0.2, 0) is 44.7 Å². The van der Waals surface area contributed by atoms with Crippen molar-refractivity contribution in [3.8, 4) is 0 Å². The van der Waals surface area contributed by atoms with Gasteiger partial charge in [0, 0.05) is 24.5 Å². The largest absolute Gasteiger partial charge is 0.481 e. The number of alkyl halides is 3. The van der Waals surface area contributed by atoms with Gasteiger partial charge in [0.2, 0.25) is 15.6 Å². The molecule has 1 aliphatic heterocycles. The maximum absolute atomic E-state index is 13.9. The molecule has 0 bridgehead atoms. The molecule has 0 saturated carbocycles. The van der Waals surface area contributed by atoms with Gasteiger partial charge in [-0.15, -0.1) is 0 Å². The Morgan fingerprint density at radius 2 is 1.66 bits per heavy atom. The zero-order valence-corrected chi connectivity index (χ0v) is 35.6. The molecule has 1 aliphatic rings. The smallest absolute Gasteiger partial charge is 0.325 e. The lowest BCUT2D eigenvalue weighted by atomic mass is 9.89. The summed E-state index contributed by atoms with van der Waals surface area (Å²) in [6.07, 6.45) is 4.64. The van der Waals surface area contributed by atoms with Gasteiger partial charge >= 0.3 is 11.9 Å². The second-order valence-electron chi connectivity index (χ2n) is 15.3. The van der Waals surface area contributed by atoms with E-state index in [1.165, 1.54) is 0 Å². The molecule has 3 amide bonds. The summed E-state index contributed by atoms with van der Waals surface area (Å²) in [6.45, 7) is 14.8. The van der Waals surface area contributed by atoms with Gasteiger partial charge in [0.15, 0.2) is 0 Å². The number of ether oxygens (including phenoxy) is 2. The zero-order chi connectivity index (χ0) is 42.6. The van der Waals surface area contributed by atoms with Gasteiger partial charge in [-0.05, 0) is 77.5 Å². The number of carbonyl (C=O) groups is 6. The average molecular weight is 843 g/mol. The number of pyridine rings is 1. The first-order valence-electron chi connectivity index (χ1n) is 18.2. The van der Waals surface area contributed by atoms with Crippen molar-refractivity contribution in [1.82, 2.24) is 26.1 Å². The predicted molar refractivity (Wildman–Crippen MR) is 216 cm³/mol. The molecule has 0 aliphatic carbocycles. The first kappa shape index (κ1) is 48.2. The Morgan fingerprint density at radius 1 is 1.04 bits per heavy atom. The Kier molecular flexibility index (Phi) is 18.0. The van der Waals surface area contributed by atoms with Crippen molar-refractivity contribution >= 4 is 87.4 Å². The summed E-state index contributed by atoms with van der Waals surface area (Å²) in [5.74, 6) is -4.48. The molecule has 2 heterocycles. The maximum atomic E-state index is 13.9. The SMILES string of the molecule is CC(=O)O.CCc1ccc2ccc(/C=C/C(C)(C)C(=O)NC(C(=O)NC(CC(=O)OC(C)(C)C)C(=O)N3CCCC(C(=O)OCC(Cl)(Cl)Cl)N3)C(C)C)cc2n1. The molecular weight excluding hydrogens is 789 g/mol. The summed E-state index contributed by atoms with van der Waals surface area (Å²) in [7, 11) is 0. The van der Waals surface area contributed by atoms with Crippen LogP contribution in [0, 0.1) is 11.3 Å². The molecule has 310 valence electrons. The number of esters is 2. The average Bonchev–Trinajstić information content (AvgIpc) is 3.09. The van der Waals surface area contributed by atoms with Crippen LogP contribution in [0.5, 0.6) is 0 Å². The van der Waals surface area contributed by atoms with E-state index in [0.29, 0.717) is 12.8 Å². The van der Waals surface area contributed by atoms with Crippen LogP contribution in [-0.4, -0.2) is 91.4 Å². The summed E-state index contributed by atoms with van der Waals surface area (Å²) < 4.78 is 8.72. The lowest BCUT2D eigenvalue weighted by Gasteiger charge is -2.35. The second kappa shape index (κ2) is 21.0. The standard InChI is InChI=1S/C37H50Cl3N5O7.C2H4O2/c1-9-25-15-14-24-13-12-23(19-27(24)41-25)16-17-36(7,8)34(50)43-30(22(2)3)31(47)42-28(20-29(46)52-35(4,5)6)32(48)45-18-10-11-26(44-45)33(49)51-21-37(38,39)40;1-2(3)4/h12-17,19,22,26,28,30,44H,9-11,18,20-21H2,1-8H3,(H,42,47)(H,43,50);1H3,(H,3,4)/b17-16+;. The van der Waals surface area contributed by atoms with Gasteiger partial charge in [0.05, 0.1) is 17.4 Å². The summed E-state index contributed by atoms with van der Waals surface area (Å²) >= 11 is 17.1. The molecule has 56 heavy (non-hydrogen) atoms. The van der Waals surface area contributed by atoms with Crippen LogP contribution in [0.2, 0.25) is 0 Å². The van der Waals surface area contributed by atoms with E-state index in [-0.39, 0.29) is 6.54 Å². The molecule has 2 aromatic rings. The summed E-state index contributed by atoms with van der Waals surface area (Å²) in [6, 6.07) is 6.49. The van der Waals surface area contributed by atoms with Gasteiger partial charge in [-0.25, -0.2) is 5.43 Å². The minimum Gasteiger partial charge on any atom is -0.481 e. The Bertz CT molecular complexity index is 1750. The first-order valence-corrected chi connectivity index (χ1v) is 19.4. The summed E-state index contributed by atoms with van der Waals surface area (Å²) in [4.78, 5) is 80.6. The molecule has 1 aromatic heterocycles. The number of fused-ring (bicyclic) bond motifs is 1. The Labute approximate surface area is 343 Å². The summed E-state index contributed by atoms with van der Waals surface area (Å²) in [5.41, 5.74) is 3.61. The van der Waals surface area contributed by atoms with Crippen molar-refractivity contribution in [3.63, 3.8) is 0 Å². The lowest BCUT2D eigenvalue weighted by molar-refractivity contribution is -0.160. The fraction of sp³-hybridized carbons (Fsp3) is 0.564. The Balaban J connectivity index is 0.00000258. The zero-order valence-electron chi connectivity index (χ0n) is 33.3. The van der Waals surface area contributed by atoms with E-state index in [0.717, 1.165) is 40.5 Å². The number of aliphatic carboxylic acids is 1. The number of rotatable bonds is 13. The Hall–Kier alpha value is -3.98. The molecular formula is C39H54Cl3N5O9. The van der Waals surface area contributed by atoms with Crippen LogP contribution in [0.25, 0.3) is 17.0 Å². The molecule has 14 nitrogen and oxygen atoms in total. The minimum atomic E-state index is -1.82. The lowest BCUT2D eigenvalue weighted by Crippen LogP contribution is -2.62. The highest BCUT2D eigenvalue weighted by molar-refractivity contribution is 6.67. The number of halogens is 3. The number of nitrogens with one attached hydrogen (secondary N) is 3. The van der Waals surface area contributed by atoms with E-state index in [1.54, 1.807) is 54.5 Å². The molecule has 0 spiro atoms. The van der Waals surface area contributed by atoms with E-state index < -0.39 is 87.5 Å². The van der Waals surface area contributed by atoms with Crippen molar-refractivity contribution in [3.05, 3.63) is 47.7 Å². The van der Waals surface area contributed by atoms with Gasteiger partial charge in [0.1, 0.15) is 30.3 Å². The quantitative estimate of drug-likeness (QED) is 0.143. The number of carbonyl (C=O) groups excluding carboxylic acids is 5. The van der Waals surface area contributed by atoms with Gasteiger partial charge < -0.3 is 25.2 Å². The monoisotopic (exact) mass is 841 g/mol. The number of hydrogen-bond acceptors (Lipinski definition) is 10. The molecule has 0 radical (unpaired) electrons. The highest BCUT2D eigenvalue weighted by atomic mass is 35.6. The van der Waals surface area contributed by atoms with E-state index in [2.05, 4.69) is 21.0 Å². The molecule has 17 heteroatoms. The first-order chi connectivity index (χ1) is 25.8. The number of benzene rings is 1. The second-order valence-corrected chi connectivity index (χ2v) is 17.8. The molecule has 3 atom stereocenters. The number of aromatic nitrogens is 1. The van der Waals surface area contributed by atoms with E-state index in [4.69, 9.17) is 54.2 Å². The van der Waals surface area contributed by atoms with Crippen molar-refractivity contribution < 1.29 is 43.3 Å². The number of carboxylic acids is 1. The molecule has 3 rings (SSSR count). The van der Waals surface area contributed by atoms with Crippen molar-refractivity contribution in [2.75, 3.05) is 13.2 Å². The van der Waals surface area contributed by atoms with Crippen LogP contribution in [0.4, 0.5) is 0 Å². The fourth-order valence-electron chi connectivity index (χ4n) is 5.29. The molecule has 1 aromatic carbocycles. The van der Waals surface area contributed by atoms with Crippen molar-refractivity contribution in [2.24, 2.45) is 11.3 Å². The third-order valence-corrected chi connectivity index (χ3v) is 8.50. The number of hydrogen-bond donors (Lipinski definition) is 4. The van der Waals surface area contributed by atoms with Crippen LogP contribution in [0.1, 0.15) is 92.8 Å². The van der Waals surface area contributed by atoms with Crippen molar-refractivity contribution in [1.29, 1.82) is 0 Å². The van der Waals surface area contributed by atoms with Crippen molar-refractivity contribution in [2.45, 2.75) is 116 Å². The third kappa shape index (κ3) is 16.6. The van der Waals surface area contributed by atoms with Crippen LogP contribution < -0.4 is 16.1 Å². The topological polar surface area (TPSA) is 193 Å². The van der Waals surface area contributed by atoms with Crippen LogP contribution in [0.3, 0.4) is 0 Å². The molecule has 4 N–H and O–H groups in total. The van der Waals surface area contributed by atoms with Crippen LogP contribution in [0.15, 0.2) is 36.4 Å². The number of hydrazine groups is 1. The Morgan fingerprint density at radius 3 is 2.23 bits per heavy atom. The van der Waals surface area contributed by atoms with Gasteiger partial charge in [-0.2, -0.15) is 0 Å². The van der Waals surface area contributed by atoms with Gasteiger partial charge in [-0.1, -0.05) is 85.9 Å². The fourth-order valence-corrected chi connectivity index (χ4v) is 5.45. The van der Waals surface area contributed by atoms with Crippen LogP contribution >= 0.6 is 34.8 Å². The maximum Gasteiger partial charge on any atom is 0.325 e. The number of aryl methyl sites for hydroxylation is 1. The predicted octanol–water partition coefficient (Wildman–Crippen LogP) is 5.69. The van der Waals surface area contributed by atoms with Gasteiger partial charge in [-0.3, -0.25) is 38.8 Å². The van der Waals surface area contributed by atoms with E-state index in [9.17, 15) is 24.0 Å². The number of carboxylic acid groups (broad SMARTS) is 1. The highest BCUT2D eigenvalue weighted by Crippen LogP contribution is 2.27. The van der Waals surface area contributed by atoms with Gasteiger partial charge in [0.25, 0.3) is 11.9 Å². The van der Waals surface area contributed by atoms with E-state index in [1.807, 2.05) is 43.3 Å². The highest BCUT2D eigenvalue weighted by Gasteiger charge is 2.38. The number of nitrogens with zero attached hydrogens (tertiary/aromatic N) is 2. The molecule has 1 saturated heterocycles. The third-order valence-electron chi connectivity index (χ3n) is 8.17. The number of amides is 3. The summed E-state index contributed by atoms with van der Waals surface area (Å²) in [5, 5.41) is 15.1. The minimum absolute atomic E-state index is 0.172. The normalized spacial score (nSPS) is 16.0. The molecule has 3 unspecified atom stereocenters.